The molecule has 1 aliphatic carbocycles. The summed E-state index contributed by atoms with van der Waals surface area (Å²) in [6.07, 6.45) is 12.2. The first kappa shape index (κ1) is 26.8. The van der Waals surface area contributed by atoms with Crippen molar-refractivity contribution < 1.29 is 14.3 Å². The van der Waals surface area contributed by atoms with Crippen molar-refractivity contribution >= 4 is 17.2 Å². The van der Waals surface area contributed by atoms with E-state index in [1.165, 1.54) is 44.9 Å². The van der Waals surface area contributed by atoms with E-state index in [0.717, 1.165) is 65.1 Å². The second-order valence-corrected chi connectivity index (χ2v) is 9.72. The van der Waals surface area contributed by atoms with Gasteiger partial charge in [0.05, 0.1) is 18.8 Å². The van der Waals surface area contributed by atoms with Crippen LogP contribution in [0.5, 0.6) is 5.75 Å². The molecule has 1 atom stereocenters. The Balaban J connectivity index is 1.56. The third-order valence-electron chi connectivity index (χ3n) is 6.76. The normalized spacial score (nSPS) is 14.8. The molecule has 0 saturated heterocycles. The Morgan fingerprint density at radius 2 is 1.49 bits per heavy atom. The highest BCUT2D eigenvalue weighted by Crippen LogP contribution is 2.55. The second-order valence-electron chi connectivity index (χ2n) is 9.72. The lowest BCUT2D eigenvalue weighted by Gasteiger charge is -2.09. The summed E-state index contributed by atoms with van der Waals surface area (Å²) < 4.78 is 11.5. The van der Waals surface area contributed by atoms with Gasteiger partial charge < -0.3 is 15.2 Å². The second kappa shape index (κ2) is 14.0. The van der Waals surface area contributed by atoms with E-state index in [-0.39, 0.29) is 11.9 Å². The minimum Gasteiger partial charge on any atom is -0.494 e. The SMILES string of the molecule is CCCCCCCCCCOc1ccc(C2C(C(=O)OCCCC)=C2c2ccc(N)cc2C)cc1. The van der Waals surface area contributed by atoms with Gasteiger partial charge in [-0.2, -0.15) is 0 Å². The van der Waals surface area contributed by atoms with Crippen molar-refractivity contribution in [3.05, 3.63) is 64.7 Å². The van der Waals surface area contributed by atoms with Crippen LogP contribution < -0.4 is 10.5 Å². The third kappa shape index (κ3) is 7.88. The average Bonchev–Trinajstić information content (AvgIpc) is 3.59. The number of benzene rings is 2. The van der Waals surface area contributed by atoms with E-state index in [2.05, 4.69) is 26.0 Å². The van der Waals surface area contributed by atoms with Gasteiger partial charge >= 0.3 is 5.97 Å². The highest BCUT2D eigenvalue weighted by atomic mass is 16.5. The summed E-state index contributed by atoms with van der Waals surface area (Å²) in [5.74, 6) is 0.646. The molecule has 3 rings (SSSR count). The van der Waals surface area contributed by atoms with E-state index in [4.69, 9.17) is 15.2 Å². The molecule has 190 valence electrons. The van der Waals surface area contributed by atoms with E-state index in [0.29, 0.717) is 6.61 Å². The maximum atomic E-state index is 12.9. The van der Waals surface area contributed by atoms with Gasteiger partial charge in [-0.3, -0.25) is 0 Å². The first-order valence-electron chi connectivity index (χ1n) is 13.6. The van der Waals surface area contributed by atoms with Crippen LogP contribution in [0.15, 0.2) is 48.0 Å². The van der Waals surface area contributed by atoms with E-state index < -0.39 is 0 Å². The lowest BCUT2D eigenvalue weighted by molar-refractivity contribution is -0.138. The fourth-order valence-electron chi connectivity index (χ4n) is 4.64. The van der Waals surface area contributed by atoms with Gasteiger partial charge in [-0.25, -0.2) is 4.79 Å². The Bertz CT molecular complexity index is 977. The molecule has 2 aromatic rings. The molecular formula is C31H43NO3. The maximum absolute atomic E-state index is 12.9. The van der Waals surface area contributed by atoms with E-state index in [1.807, 2.05) is 37.3 Å². The number of allylic oxidation sites excluding steroid dienone is 1. The quantitative estimate of drug-likeness (QED) is 0.151. The fraction of sp³-hybridized carbons (Fsp3) is 0.516. The molecule has 0 radical (unpaired) electrons. The van der Waals surface area contributed by atoms with Crippen molar-refractivity contribution in [2.45, 2.75) is 90.9 Å². The predicted molar refractivity (Wildman–Crippen MR) is 146 cm³/mol. The molecule has 2 aromatic carbocycles. The smallest absolute Gasteiger partial charge is 0.335 e. The van der Waals surface area contributed by atoms with Gasteiger partial charge in [0, 0.05) is 11.6 Å². The number of hydrogen-bond acceptors (Lipinski definition) is 4. The largest absolute Gasteiger partial charge is 0.494 e. The van der Waals surface area contributed by atoms with Crippen LogP contribution in [0.3, 0.4) is 0 Å². The number of esters is 1. The molecule has 0 fully saturated rings. The lowest BCUT2D eigenvalue weighted by Crippen LogP contribution is -2.05. The fourth-order valence-corrected chi connectivity index (χ4v) is 4.64. The number of nitrogens with two attached hydrogens (primary N) is 1. The highest BCUT2D eigenvalue weighted by molar-refractivity contribution is 6.13. The summed E-state index contributed by atoms with van der Waals surface area (Å²) in [6.45, 7) is 7.60. The molecule has 35 heavy (non-hydrogen) atoms. The summed E-state index contributed by atoms with van der Waals surface area (Å²) in [6, 6.07) is 14.1. The molecule has 0 bridgehead atoms. The number of rotatable bonds is 16. The predicted octanol–water partition coefficient (Wildman–Crippen LogP) is 7.99. The van der Waals surface area contributed by atoms with Gasteiger partial charge in [0.15, 0.2) is 0 Å². The van der Waals surface area contributed by atoms with E-state index >= 15 is 0 Å². The monoisotopic (exact) mass is 477 g/mol. The Hall–Kier alpha value is -2.75. The molecule has 4 heteroatoms. The standard InChI is InChI=1S/C31H43NO3/c1-4-6-8-9-10-11-12-13-21-34-26-17-14-24(15-18-26)28-29(27-19-16-25(32)22-23(27)3)30(28)31(33)35-20-7-5-2/h14-19,22,28H,4-13,20-21,32H2,1-3H3. The third-order valence-corrected chi connectivity index (χ3v) is 6.76. The van der Waals surface area contributed by atoms with Crippen LogP contribution in [-0.4, -0.2) is 19.2 Å². The summed E-state index contributed by atoms with van der Waals surface area (Å²) in [4.78, 5) is 12.9. The van der Waals surface area contributed by atoms with E-state index in [1.54, 1.807) is 0 Å². The van der Waals surface area contributed by atoms with Crippen LogP contribution in [0.25, 0.3) is 5.57 Å². The molecule has 1 unspecified atom stereocenters. The number of carbonyl (C=O) groups is 1. The first-order chi connectivity index (χ1) is 17.1. The number of carbonyl (C=O) groups excluding carboxylic acids is 1. The molecule has 0 aliphatic heterocycles. The van der Waals surface area contributed by atoms with Gasteiger partial charge in [-0.15, -0.1) is 0 Å². The summed E-state index contributed by atoms with van der Waals surface area (Å²) in [5, 5.41) is 0. The Labute approximate surface area is 211 Å². The maximum Gasteiger partial charge on any atom is 0.335 e. The molecule has 0 heterocycles. The van der Waals surface area contributed by atoms with Crippen LogP contribution in [-0.2, 0) is 9.53 Å². The van der Waals surface area contributed by atoms with Crippen LogP contribution in [0.1, 0.15) is 101 Å². The van der Waals surface area contributed by atoms with Crippen molar-refractivity contribution in [3.8, 4) is 5.75 Å². The zero-order valence-electron chi connectivity index (χ0n) is 21.9. The molecule has 0 aromatic heterocycles. The van der Waals surface area contributed by atoms with Crippen molar-refractivity contribution in [2.24, 2.45) is 0 Å². The number of hydrogen-bond donors (Lipinski definition) is 1. The van der Waals surface area contributed by atoms with Crippen molar-refractivity contribution in [2.75, 3.05) is 18.9 Å². The zero-order valence-corrected chi connectivity index (χ0v) is 21.9. The van der Waals surface area contributed by atoms with Crippen LogP contribution in [0.4, 0.5) is 5.69 Å². The number of aryl methyl sites for hydroxylation is 1. The van der Waals surface area contributed by atoms with E-state index in [9.17, 15) is 4.79 Å². The molecule has 0 amide bonds. The molecule has 1 aliphatic rings. The number of unbranched alkanes of at least 4 members (excludes halogenated alkanes) is 8. The summed E-state index contributed by atoms with van der Waals surface area (Å²) in [5.41, 5.74) is 11.7. The minimum atomic E-state index is -0.204. The van der Waals surface area contributed by atoms with Crippen LogP contribution >= 0.6 is 0 Å². The first-order valence-corrected chi connectivity index (χ1v) is 13.6. The highest BCUT2D eigenvalue weighted by Gasteiger charge is 2.44. The van der Waals surface area contributed by atoms with Gasteiger partial charge in [-0.1, -0.05) is 83.4 Å². The van der Waals surface area contributed by atoms with Gasteiger partial charge in [0.2, 0.25) is 0 Å². The van der Waals surface area contributed by atoms with Gasteiger partial charge in [0.1, 0.15) is 5.75 Å². The Morgan fingerprint density at radius 1 is 0.829 bits per heavy atom. The number of anilines is 1. The molecule has 0 spiro atoms. The zero-order chi connectivity index (χ0) is 25.0. The van der Waals surface area contributed by atoms with Crippen molar-refractivity contribution in [1.29, 1.82) is 0 Å². The Kier molecular flexibility index (Phi) is 10.7. The molecule has 0 saturated carbocycles. The summed E-state index contributed by atoms with van der Waals surface area (Å²) in [7, 11) is 0. The molecule has 4 nitrogen and oxygen atoms in total. The molecular weight excluding hydrogens is 434 g/mol. The topological polar surface area (TPSA) is 61.5 Å². The average molecular weight is 478 g/mol. The van der Waals surface area contributed by atoms with Crippen LogP contribution in [0.2, 0.25) is 0 Å². The molecule has 2 N–H and O–H groups in total. The van der Waals surface area contributed by atoms with Crippen molar-refractivity contribution in [1.82, 2.24) is 0 Å². The number of nitrogen functional groups attached to an aromatic ring is 1. The summed E-state index contributed by atoms with van der Waals surface area (Å²) >= 11 is 0. The number of ether oxygens (including phenoxy) is 2. The van der Waals surface area contributed by atoms with Crippen LogP contribution in [0, 0.1) is 6.92 Å². The van der Waals surface area contributed by atoms with Gasteiger partial charge in [-0.05, 0) is 66.3 Å². The van der Waals surface area contributed by atoms with Crippen molar-refractivity contribution in [3.63, 3.8) is 0 Å². The Morgan fingerprint density at radius 3 is 2.14 bits per heavy atom. The lowest BCUT2D eigenvalue weighted by atomic mass is 9.99. The van der Waals surface area contributed by atoms with Gasteiger partial charge in [0.25, 0.3) is 0 Å². The minimum absolute atomic E-state index is 0.0341.